The van der Waals surface area contributed by atoms with Gasteiger partial charge in [-0.1, -0.05) is 0 Å². The van der Waals surface area contributed by atoms with Crippen LogP contribution in [-0.4, -0.2) is 25.7 Å². The third-order valence-corrected chi connectivity index (χ3v) is 2.71. The van der Waals surface area contributed by atoms with E-state index in [-0.39, 0.29) is 5.84 Å². The Morgan fingerprint density at radius 3 is 2.53 bits per heavy atom. The van der Waals surface area contributed by atoms with Crippen molar-refractivity contribution in [2.24, 2.45) is 11.7 Å². The second-order valence-corrected chi connectivity index (χ2v) is 4.30. The van der Waals surface area contributed by atoms with Crippen LogP contribution in [0.3, 0.4) is 0 Å². The third kappa shape index (κ3) is 4.07. The van der Waals surface area contributed by atoms with E-state index in [2.05, 4.69) is 0 Å². The molecule has 1 saturated carbocycles. The number of hydrogen-bond donors (Lipinski definition) is 2. The van der Waals surface area contributed by atoms with E-state index in [0.29, 0.717) is 18.8 Å². The quantitative estimate of drug-likeness (QED) is 0.429. The molecule has 0 atom stereocenters. The topological polar surface area (TPSA) is 68.3 Å². The first-order chi connectivity index (χ1) is 8.25. The first-order valence-corrected chi connectivity index (χ1v) is 5.90. The Bertz CT molecular complexity index is 372. The van der Waals surface area contributed by atoms with Gasteiger partial charge in [0.05, 0.1) is 6.61 Å². The first-order valence-electron chi connectivity index (χ1n) is 5.90. The normalized spacial score (nSPS) is 14.6. The van der Waals surface area contributed by atoms with Crippen LogP contribution in [0.4, 0.5) is 0 Å². The maximum atomic E-state index is 7.26. The molecule has 0 saturated heterocycles. The molecule has 17 heavy (non-hydrogen) atoms. The summed E-state index contributed by atoms with van der Waals surface area (Å²) in [6.45, 7) is 2.06. The van der Waals surface area contributed by atoms with Gasteiger partial charge in [-0.15, -0.1) is 0 Å². The number of nitrogens with two attached hydrogens (primary N) is 1. The van der Waals surface area contributed by atoms with E-state index in [1.807, 2.05) is 12.1 Å². The fourth-order valence-electron chi connectivity index (χ4n) is 1.48. The van der Waals surface area contributed by atoms with Gasteiger partial charge < -0.3 is 15.2 Å². The lowest BCUT2D eigenvalue weighted by molar-refractivity contribution is 0.0927. The summed E-state index contributed by atoms with van der Waals surface area (Å²) in [6.07, 6.45) is 2.63. The summed E-state index contributed by atoms with van der Waals surface area (Å²) in [4.78, 5) is 0. The molecule has 0 radical (unpaired) electrons. The van der Waals surface area contributed by atoms with Crippen molar-refractivity contribution in [3.8, 4) is 5.75 Å². The molecule has 3 N–H and O–H groups in total. The van der Waals surface area contributed by atoms with Gasteiger partial charge in [-0.25, -0.2) is 0 Å². The molecule has 0 bridgehead atoms. The zero-order valence-electron chi connectivity index (χ0n) is 9.82. The molecule has 0 aliphatic heterocycles. The smallest absolute Gasteiger partial charge is 0.122 e. The van der Waals surface area contributed by atoms with Gasteiger partial charge >= 0.3 is 0 Å². The Kier molecular flexibility index (Phi) is 3.98. The summed E-state index contributed by atoms with van der Waals surface area (Å²) >= 11 is 0. The highest BCUT2D eigenvalue weighted by molar-refractivity contribution is 5.94. The van der Waals surface area contributed by atoms with E-state index in [9.17, 15) is 0 Å². The molecule has 0 spiro atoms. The number of rotatable bonds is 7. The molecule has 4 nitrogen and oxygen atoms in total. The lowest BCUT2D eigenvalue weighted by Gasteiger charge is -2.07. The minimum absolute atomic E-state index is 0.0734. The van der Waals surface area contributed by atoms with Crippen molar-refractivity contribution in [1.82, 2.24) is 0 Å². The summed E-state index contributed by atoms with van der Waals surface area (Å²) in [5.41, 5.74) is 6.07. The Labute approximate surface area is 101 Å². The molecule has 0 amide bonds. The maximum Gasteiger partial charge on any atom is 0.122 e. The highest BCUT2D eigenvalue weighted by atomic mass is 16.5. The van der Waals surface area contributed by atoms with Gasteiger partial charge in [0, 0.05) is 12.2 Å². The highest BCUT2D eigenvalue weighted by Crippen LogP contribution is 2.28. The largest absolute Gasteiger partial charge is 0.491 e. The fraction of sp³-hybridized carbons (Fsp3) is 0.462. The lowest BCUT2D eigenvalue weighted by Crippen LogP contribution is -2.11. The van der Waals surface area contributed by atoms with Crippen molar-refractivity contribution >= 4 is 5.84 Å². The van der Waals surface area contributed by atoms with E-state index < -0.39 is 0 Å². The van der Waals surface area contributed by atoms with Crippen molar-refractivity contribution in [1.29, 1.82) is 5.41 Å². The van der Waals surface area contributed by atoms with Crippen LogP contribution in [0.25, 0.3) is 0 Å². The zero-order valence-corrected chi connectivity index (χ0v) is 9.82. The molecular formula is C13H18N2O2. The highest BCUT2D eigenvalue weighted by Gasteiger charge is 2.20. The maximum absolute atomic E-state index is 7.26. The molecule has 1 fully saturated rings. The van der Waals surface area contributed by atoms with Gasteiger partial charge in [0.2, 0.25) is 0 Å². The van der Waals surface area contributed by atoms with Crippen LogP contribution in [0.2, 0.25) is 0 Å². The van der Waals surface area contributed by atoms with Crippen LogP contribution in [0.1, 0.15) is 18.4 Å². The Morgan fingerprint density at radius 1 is 1.24 bits per heavy atom. The number of hydrogen-bond acceptors (Lipinski definition) is 3. The first kappa shape index (κ1) is 11.9. The average molecular weight is 234 g/mol. The summed E-state index contributed by atoms with van der Waals surface area (Å²) < 4.78 is 11.0. The monoisotopic (exact) mass is 234 g/mol. The van der Waals surface area contributed by atoms with Crippen molar-refractivity contribution in [3.05, 3.63) is 29.8 Å². The van der Waals surface area contributed by atoms with Gasteiger partial charge in [-0.2, -0.15) is 0 Å². The van der Waals surface area contributed by atoms with Crippen molar-refractivity contribution < 1.29 is 9.47 Å². The molecule has 2 rings (SSSR count). The van der Waals surface area contributed by atoms with Crippen LogP contribution in [0.15, 0.2) is 24.3 Å². The summed E-state index contributed by atoms with van der Waals surface area (Å²) in [6, 6.07) is 7.20. The Hall–Kier alpha value is -1.55. The second kappa shape index (κ2) is 5.68. The van der Waals surface area contributed by atoms with Gasteiger partial charge in [0.25, 0.3) is 0 Å². The molecule has 0 unspecified atom stereocenters. The van der Waals surface area contributed by atoms with E-state index in [0.717, 1.165) is 18.3 Å². The lowest BCUT2D eigenvalue weighted by atomic mass is 10.2. The van der Waals surface area contributed by atoms with Crippen LogP contribution in [0, 0.1) is 11.3 Å². The molecule has 1 aromatic carbocycles. The molecule has 1 aliphatic carbocycles. The molecule has 4 heteroatoms. The fourth-order valence-corrected chi connectivity index (χ4v) is 1.48. The number of ether oxygens (including phenoxy) is 2. The molecular weight excluding hydrogens is 216 g/mol. The van der Waals surface area contributed by atoms with E-state index in [4.69, 9.17) is 20.6 Å². The van der Waals surface area contributed by atoms with E-state index >= 15 is 0 Å². The third-order valence-electron chi connectivity index (χ3n) is 2.71. The van der Waals surface area contributed by atoms with Gasteiger partial charge in [-0.05, 0) is 43.0 Å². The Morgan fingerprint density at radius 2 is 1.94 bits per heavy atom. The molecule has 1 aromatic rings. The SMILES string of the molecule is N=C(N)c1ccc(OCCOCC2CC2)cc1. The number of nitrogen functional groups attached to an aromatic ring is 1. The number of benzene rings is 1. The minimum Gasteiger partial charge on any atom is -0.491 e. The molecule has 0 heterocycles. The summed E-state index contributed by atoms with van der Waals surface area (Å²) in [5, 5.41) is 7.26. The van der Waals surface area contributed by atoms with Crippen LogP contribution >= 0.6 is 0 Å². The summed E-state index contributed by atoms with van der Waals surface area (Å²) in [5.74, 6) is 1.65. The van der Waals surface area contributed by atoms with Crippen molar-refractivity contribution in [2.75, 3.05) is 19.8 Å². The van der Waals surface area contributed by atoms with Crippen LogP contribution in [0.5, 0.6) is 5.75 Å². The second-order valence-electron chi connectivity index (χ2n) is 4.30. The minimum atomic E-state index is 0.0734. The molecule has 0 aromatic heterocycles. The van der Waals surface area contributed by atoms with Gasteiger partial charge in [0.15, 0.2) is 0 Å². The number of amidine groups is 1. The predicted octanol–water partition coefficient (Wildman–Crippen LogP) is 1.78. The summed E-state index contributed by atoms with van der Waals surface area (Å²) in [7, 11) is 0. The zero-order chi connectivity index (χ0) is 12.1. The van der Waals surface area contributed by atoms with Gasteiger partial charge in [-0.3, -0.25) is 5.41 Å². The average Bonchev–Trinajstić information content (AvgIpc) is 3.13. The standard InChI is InChI=1S/C13H18N2O2/c14-13(15)11-3-5-12(6-4-11)17-8-7-16-9-10-1-2-10/h3-6,10H,1-2,7-9H2,(H3,14,15). The molecule has 1 aliphatic rings. The van der Waals surface area contributed by atoms with Crippen molar-refractivity contribution in [3.63, 3.8) is 0 Å². The van der Waals surface area contributed by atoms with Crippen molar-refractivity contribution in [2.45, 2.75) is 12.8 Å². The van der Waals surface area contributed by atoms with E-state index in [1.54, 1.807) is 12.1 Å². The van der Waals surface area contributed by atoms with E-state index in [1.165, 1.54) is 12.8 Å². The number of nitrogens with one attached hydrogen (secondary N) is 1. The van der Waals surface area contributed by atoms with Crippen LogP contribution in [-0.2, 0) is 4.74 Å². The molecule has 92 valence electrons. The predicted molar refractivity (Wildman–Crippen MR) is 66.5 cm³/mol. The Balaban J connectivity index is 1.65. The van der Waals surface area contributed by atoms with Crippen LogP contribution < -0.4 is 10.5 Å². The van der Waals surface area contributed by atoms with Gasteiger partial charge in [0.1, 0.15) is 18.2 Å².